The summed E-state index contributed by atoms with van der Waals surface area (Å²) in [7, 11) is 0. The molecule has 22 heavy (non-hydrogen) atoms. The molecule has 0 unspecified atom stereocenters. The number of pyridine rings is 1. The van der Waals surface area contributed by atoms with Crippen LogP contribution in [0.25, 0.3) is 0 Å². The van der Waals surface area contributed by atoms with Crippen LogP contribution in [0.15, 0.2) is 48.8 Å². The van der Waals surface area contributed by atoms with E-state index in [-0.39, 0.29) is 5.92 Å². The summed E-state index contributed by atoms with van der Waals surface area (Å²) in [5, 5.41) is 12.4. The van der Waals surface area contributed by atoms with Crippen molar-refractivity contribution in [2.45, 2.75) is 26.6 Å². The minimum atomic E-state index is -1.03. The molecule has 1 atom stereocenters. The van der Waals surface area contributed by atoms with E-state index in [4.69, 9.17) is 4.74 Å². The van der Waals surface area contributed by atoms with E-state index >= 15 is 0 Å². The first-order valence-corrected chi connectivity index (χ1v) is 7.17. The molecule has 1 aromatic heterocycles. The average molecular weight is 300 g/mol. The lowest BCUT2D eigenvalue weighted by Gasteiger charge is -2.15. The SMILES string of the molecule is CC(C)[C@@H](O)C(=O)Nc1cccc(OCc2cccnc2)c1. The fourth-order valence-electron chi connectivity index (χ4n) is 1.83. The Kier molecular flexibility index (Phi) is 5.49. The molecule has 0 fully saturated rings. The third kappa shape index (κ3) is 4.56. The van der Waals surface area contributed by atoms with Crippen LogP contribution in [0.4, 0.5) is 5.69 Å². The van der Waals surface area contributed by atoms with Gasteiger partial charge in [-0.05, 0) is 24.1 Å². The molecule has 1 amide bonds. The number of nitrogens with zero attached hydrogens (tertiary/aromatic N) is 1. The highest BCUT2D eigenvalue weighted by Gasteiger charge is 2.18. The zero-order chi connectivity index (χ0) is 15.9. The summed E-state index contributed by atoms with van der Waals surface area (Å²) in [6.07, 6.45) is 2.42. The Bertz CT molecular complexity index is 614. The average Bonchev–Trinajstić information content (AvgIpc) is 2.53. The number of hydrogen-bond acceptors (Lipinski definition) is 4. The van der Waals surface area contributed by atoms with Crippen LogP contribution >= 0.6 is 0 Å². The summed E-state index contributed by atoms with van der Waals surface area (Å²) in [5.41, 5.74) is 1.56. The number of aliphatic hydroxyl groups excluding tert-OH is 1. The smallest absolute Gasteiger partial charge is 0.253 e. The molecule has 0 saturated carbocycles. The van der Waals surface area contributed by atoms with E-state index in [1.54, 1.807) is 44.4 Å². The molecule has 0 saturated heterocycles. The Morgan fingerprint density at radius 3 is 2.82 bits per heavy atom. The molecule has 1 aromatic carbocycles. The zero-order valence-corrected chi connectivity index (χ0v) is 12.7. The van der Waals surface area contributed by atoms with Gasteiger partial charge in [0.15, 0.2) is 0 Å². The Balaban J connectivity index is 1.96. The van der Waals surface area contributed by atoms with Crippen molar-refractivity contribution in [3.05, 3.63) is 54.4 Å². The number of aromatic nitrogens is 1. The molecular weight excluding hydrogens is 280 g/mol. The van der Waals surface area contributed by atoms with Gasteiger partial charge in [-0.25, -0.2) is 0 Å². The number of ether oxygens (including phenoxy) is 1. The standard InChI is InChI=1S/C17H20N2O3/c1-12(2)16(20)17(21)19-14-6-3-7-15(9-14)22-11-13-5-4-8-18-10-13/h3-10,12,16,20H,11H2,1-2H3,(H,19,21)/t16-/m1/s1. The molecule has 0 radical (unpaired) electrons. The quantitative estimate of drug-likeness (QED) is 0.860. The number of hydrogen-bond donors (Lipinski definition) is 2. The van der Waals surface area contributed by atoms with E-state index in [9.17, 15) is 9.90 Å². The fraction of sp³-hybridized carbons (Fsp3) is 0.294. The Hall–Kier alpha value is -2.40. The second kappa shape index (κ2) is 7.56. The normalized spacial score (nSPS) is 12.0. The van der Waals surface area contributed by atoms with Crippen molar-refractivity contribution in [2.75, 3.05) is 5.32 Å². The number of nitrogens with one attached hydrogen (secondary N) is 1. The molecule has 0 aliphatic heterocycles. The first-order chi connectivity index (χ1) is 10.6. The van der Waals surface area contributed by atoms with Crippen molar-refractivity contribution in [1.82, 2.24) is 4.98 Å². The molecule has 2 aromatic rings. The van der Waals surface area contributed by atoms with E-state index in [1.165, 1.54) is 0 Å². The van der Waals surface area contributed by atoms with E-state index < -0.39 is 12.0 Å². The summed E-state index contributed by atoms with van der Waals surface area (Å²) in [6, 6.07) is 10.9. The van der Waals surface area contributed by atoms with E-state index in [0.717, 1.165) is 5.56 Å². The van der Waals surface area contributed by atoms with Gasteiger partial charge in [-0.15, -0.1) is 0 Å². The van der Waals surface area contributed by atoms with Gasteiger partial charge < -0.3 is 15.2 Å². The number of carbonyl (C=O) groups is 1. The van der Waals surface area contributed by atoms with Gasteiger partial charge in [-0.1, -0.05) is 26.0 Å². The van der Waals surface area contributed by atoms with Gasteiger partial charge in [0.25, 0.3) is 5.91 Å². The second-order valence-corrected chi connectivity index (χ2v) is 5.36. The van der Waals surface area contributed by atoms with Gasteiger partial charge in [-0.2, -0.15) is 0 Å². The molecule has 0 aliphatic rings. The third-order valence-electron chi connectivity index (χ3n) is 3.13. The largest absolute Gasteiger partial charge is 0.489 e. The molecule has 2 N–H and O–H groups in total. The Morgan fingerprint density at radius 2 is 2.14 bits per heavy atom. The van der Waals surface area contributed by atoms with Crippen LogP contribution in [0.3, 0.4) is 0 Å². The maximum Gasteiger partial charge on any atom is 0.253 e. The molecular formula is C17H20N2O3. The van der Waals surface area contributed by atoms with Crippen molar-refractivity contribution in [3.63, 3.8) is 0 Å². The molecule has 116 valence electrons. The highest BCUT2D eigenvalue weighted by Crippen LogP contribution is 2.19. The highest BCUT2D eigenvalue weighted by molar-refractivity contribution is 5.94. The number of aliphatic hydroxyl groups is 1. The van der Waals surface area contributed by atoms with Crippen LogP contribution in [0.2, 0.25) is 0 Å². The van der Waals surface area contributed by atoms with Crippen molar-refractivity contribution in [2.24, 2.45) is 5.92 Å². The van der Waals surface area contributed by atoms with Crippen molar-refractivity contribution < 1.29 is 14.6 Å². The minimum absolute atomic E-state index is 0.134. The minimum Gasteiger partial charge on any atom is -0.489 e. The number of amides is 1. The van der Waals surface area contributed by atoms with Crippen molar-refractivity contribution in [3.8, 4) is 5.75 Å². The molecule has 0 bridgehead atoms. The van der Waals surface area contributed by atoms with E-state index in [0.29, 0.717) is 18.0 Å². The predicted molar refractivity (Wildman–Crippen MR) is 84.5 cm³/mol. The van der Waals surface area contributed by atoms with Gasteiger partial charge in [0.05, 0.1) is 0 Å². The molecule has 2 rings (SSSR count). The highest BCUT2D eigenvalue weighted by atomic mass is 16.5. The van der Waals surface area contributed by atoms with Crippen molar-refractivity contribution >= 4 is 11.6 Å². The van der Waals surface area contributed by atoms with Crippen LogP contribution in [-0.4, -0.2) is 22.1 Å². The van der Waals surface area contributed by atoms with Crippen LogP contribution in [0.5, 0.6) is 5.75 Å². The summed E-state index contributed by atoms with van der Waals surface area (Å²) < 4.78 is 5.67. The lowest BCUT2D eigenvalue weighted by atomic mass is 10.1. The second-order valence-electron chi connectivity index (χ2n) is 5.36. The molecule has 5 nitrogen and oxygen atoms in total. The molecule has 0 aliphatic carbocycles. The lowest BCUT2D eigenvalue weighted by Crippen LogP contribution is -2.31. The summed E-state index contributed by atoms with van der Waals surface area (Å²) in [4.78, 5) is 15.9. The van der Waals surface area contributed by atoms with Gasteiger partial charge in [0, 0.05) is 29.7 Å². The maximum atomic E-state index is 11.8. The summed E-state index contributed by atoms with van der Waals surface area (Å²) in [5.74, 6) is 0.0881. The van der Waals surface area contributed by atoms with E-state index in [1.807, 2.05) is 18.2 Å². The zero-order valence-electron chi connectivity index (χ0n) is 12.7. The predicted octanol–water partition coefficient (Wildman–Crippen LogP) is 2.62. The van der Waals surface area contributed by atoms with Gasteiger partial charge in [-0.3, -0.25) is 9.78 Å². The van der Waals surface area contributed by atoms with Gasteiger partial charge >= 0.3 is 0 Å². The number of carbonyl (C=O) groups excluding carboxylic acids is 1. The molecule has 5 heteroatoms. The third-order valence-corrected chi connectivity index (χ3v) is 3.13. The monoisotopic (exact) mass is 300 g/mol. The first-order valence-electron chi connectivity index (χ1n) is 7.17. The first kappa shape index (κ1) is 16.0. The van der Waals surface area contributed by atoms with Crippen LogP contribution in [0.1, 0.15) is 19.4 Å². The van der Waals surface area contributed by atoms with Gasteiger partial charge in [0.1, 0.15) is 18.5 Å². The maximum absolute atomic E-state index is 11.8. The topological polar surface area (TPSA) is 71.5 Å². The van der Waals surface area contributed by atoms with Crippen LogP contribution < -0.4 is 10.1 Å². The Labute approximate surface area is 130 Å². The number of rotatable bonds is 6. The van der Waals surface area contributed by atoms with Crippen molar-refractivity contribution in [1.29, 1.82) is 0 Å². The summed E-state index contributed by atoms with van der Waals surface area (Å²) >= 11 is 0. The molecule has 0 spiro atoms. The fourth-order valence-corrected chi connectivity index (χ4v) is 1.83. The van der Waals surface area contributed by atoms with Crippen LogP contribution in [-0.2, 0) is 11.4 Å². The number of anilines is 1. The van der Waals surface area contributed by atoms with Crippen LogP contribution in [0, 0.1) is 5.92 Å². The number of benzene rings is 1. The molecule has 1 heterocycles. The van der Waals surface area contributed by atoms with E-state index in [2.05, 4.69) is 10.3 Å². The summed E-state index contributed by atoms with van der Waals surface area (Å²) in [6.45, 7) is 3.98. The Morgan fingerprint density at radius 1 is 1.32 bits per heavy atom. The van der Waals surface area contributed by atoms with Gasteiger partial charge in [0.2, 0.25) is 0 Å². The lowest BCUT2D eigenvalue weighted by molar-refractivity contribution is -0.125.